The number of halogens is 3. The van der Waals surface area contributed by atoms with Gasteiger partial charge in [0.15, 0.2) is 0 Å². The number of rotatable bonds is 2. The monoisotopic (exact) mass is 270 g/mol. The van der Waals surface area contributed by atoms with Crippen LogP contribution in [0.5, 0.6) is 0 Å². The summed E-state index contributed by atoms with van der Waals surface area (Å²) < 4.78 is 40.3. The summed E-state index contributed by atoms with van der Waals surface area (Å²) in [5, 5.41) is 12.6. The molecule has 0 amide bonds. The molecule has 0 unspecified atom stereocenters. The molecular weight excluding hydrogens is 261 g/mol. The second kappa shape index (κ2) is 4.42. The van der Waals surface area contributed by atoms with E-state index in [0.717, 1.165) is 12.1 Å². The van der Waals surface area contributed by atoms with Crippen molar-refractivity contribution in [2.45, 2.75) is 6.18 Å². The van der Waals surface area contributed by atoms with Crippen LogP contribution in [0.2, 0.25) is 0 Å². The number of carbonyl (C=O) groups is 1. The van der Waals surface area contributed by atoms with Crippen LogP contribution in [0.3, 0.4) is 0 Å². The van der Waals surface area contributed by atoms with E-state index in [1.54, 1.807) is 0 Å². The number of hydrogen-bond acceptors (Lipinski definition) is 2. The first kappa shape index (κ1) is 13.1. The summed E-state index contributed by atoms with van der Waals surface area (Å²) in [7, 11) is 1.51. The number of nitrogens with zero attached hydrogens (tertiary/aromatic N) is 2. The number of aromatic carboxylic acids is 1. The Morgan fingerprint density at radius 3 is 2.47 bits per heavy atom. The first-order valence-electron chi connectivity index (χ1n) is 5.23. The van der Waals surface area contributed by atoms with Gasteiger partial charge in [0.2, 0.25) is 0 Å². The van der Waals surface area contributed by atoms with Crippen LogP contribution in [0, 0.1) is 0 Å². The van der Waals surface area contributed by atoms with Crippen LogP contribution in [0.25, 0.3) is 11.3 Å². The van der Waals surface area contributed by atoms with Crippen molar-refractivity contribution in [3.63, 3.8) is 0 Å². The maximum absolute atomic E-state index is 13.0. The van der Waals surface area contributed by atoms with Crippen molar-refractivity contribution in [2.24, 2.45) is 7.05 Å². The number of carboxylic acid groups (broad SMARTS) is 1. The van der Waals surface area contributed by atoms with Crippen LogP contribution >= 0.6 is 0 Å². The van der Waals surface area contributed by atoms with Crippen LogP contribution < -0.4 is 0 Å². The molecule has 19 heavy (non-hydrogen) atoms. The number of hydrogen-bond donors (Lipinski definition) is 1. The van der Waals surface area contributed by atoms with Crippen LogP contribution in [0.4, 0.5) is 13.2 Å². The molecule has 0 saturated carbocycles. The maximum Gasteiger partial charge on any atom is 0.417 e. The third kappa shape index (κ3) is 2.44. The minimum atomic E-state index is -4.63. The Bertz CT molecular complexity index is 632. The Balaban J connectivity index is 2.68. The van der Waals surface area contributed by atoms with Crippen LogP contribution in [-0.2, 0) is 13.2 Å². The zero-order valence-corrected chi connectivity index (χ0v) is 9.77. The van der Waals surface area contributed by atoms with Gasteiger partial charge in [-0.25, -0.2) is 4.79 Å². The Hall–Kier alpha value is -2.31. The lowest BCUT2D eigenvalue weighted by Gasteiger charge is -2.13. The Kier molecular flexibility index (Phi) is 3.05. The molecule has 7 heteroatoms. The van der Waals surface area contributed by atoms with E-state index in [1.165, 1.54) is 24.0 Å². The largest absolute Gasteiger partial charge is 0.478 e. The summed E-state index contributed by atoms with van der Waals surface area (Å²) in [5.74, 6) is -1.40. The van der Waals surface area contributed by atoms with Crippen molar-refractivity contribution in [2.75, 3.05) is 0 Å². The van der Waals surface area contributed by atoms with Crippen LogP contribution in [-0.4, -0.2) is 20.9 Å². The molecule has 1 N–H and O–H groups in total. The summed E-state index contributed by atoms with van der Waals surface area (Å²) in [5.41, 5.74) is -1.23. The first-order chi connectivity index (χ1) is 8.80. The zero-order valence-electron chi connectivity index (χ0n) is 9.77. The van der Waals surface area contributed by atoms with E-state index in [1.807, 2.05) is 0 Å². The predicted molar refractivity (Wildman–Crippen MR) is 60.6 cm³/mol. The van der Waals surface area contributed by atoms with Crippen molar-refractivity contribution in [1.82, 2.24) is 9.78 Å². The lowest BCUT2D eigenvalue weighted by Crippen LogP contribution is -2.10. The molecule has 1 aromatic heterocycles. The molecule has 0 bridgehead atoms. The molecule has 1 aromatic carbocycles. The first-order valence-corrected chi connectivity index (χ1v) is 5.23. The third-order valence-electron chi connectivity index (χ3n) is 2.67. The standard InChI is InChI=1S/C12H9F3N2O2/c1-17-10(4-5-16-17)8-3-2-7(11(18)19)6-9(8)12(13,14)15/h2-6H,1H3,(H,18,19). The molecule has 0 fully saturated rings. The topological polar surface area (TPSA) is 55.1 Å². The SMILES string of the molecule is Cn1nccc1-c1ccc(C(=O)O)cc1C(F)(F)F. The Morgan fingerprint density at radius 1 is 1.32 bits per heavy atom. The fraction of sp³-hybridized carbons (Fsp3) is 0.167. The molecule has 0 aliphatic carbocycles. The molecule has 0 aliphatic heterocycles. The van der Waals surface area contributed by atoms with Gasteiger partial charge in [0, 0.05) is 18.8 Å². The normalized spacial score (nSPS) is 11.6. The van der Waals surface area contributed by atoms with E-state index in [-0.39, 0.29) is 11.3 Å². The lowest BCUT2D eigenvalue weighted by molar-refractivity contribution is -0.137. The van der Waals surface area contributed by atoms with Gasteiger partial charge in [-0.15, -0.1) is 0 Å². The average Bonchev–Trinajstić information content (AvgIpc) is 2.73. The van der Waals surface area contributed by atoms with Gasteiger partial charge in [-0.1, -0.05) is 6.07 Å². The van der Waals surface area contributed by atoms with Crippen LogP contribution in [0.15, 0.2) is 30.5 Å². The summed E-state index contributed by atoms with van der Waals surface area (Å²) in [6.45, 7) is 0. The van der Waals surface area contributed by atoms with Gasteiger partial charge in [-0.05, 0) is 18.2 Å². The van der Waals surface area contributed by atoms with Crippen molar-refractivity contribution >= 4 is 5.97 Å². The third-order valence-corrected chi connectivity index (χ3v) is 2.67. The molecule has 0 radical (unpaired) electrons. The highest BCUT2D eigenvalue weighted by atomic mass is 19.4. The van der Waals surface area contributed by atoms with Crippen LogP contribution in [0.1, 0.15) is 15.9 Å². The molecule has 2 aromatic rings. The highest BCUT2D eigenvalue weighted by Crippen LogP contribution is 2.37. The number of aryl methyl sites for hydroxylation is 1. The molecule has 100 valence electrons. The van der Waals surface area contributed by atoms with Gasteiger partial charge >= 0.3 is 12.1 Å². The minimum absolute atomic E-state index is 0.0995. The highest BCUT2D eigenvalue weighted by Gasteiger charge is 2.35. The summed E-state index contributed by atoms with van der Waals surface area (Å²) in [4.78, 5) is 10.8. The van der Waals surface area contributed by atoms with E-state index in [9.17, 15) is 18.0 Å². The molecule has 0 aliphatic rings. The summed E-state index contributed by atoms with van der Waals surface area (Å²) in [6, 6.07) is 4.35. The molecule has 2 rings (SSSR count). The molecule has 0 saturated heterocycles. The summed E-state index contributed by atoms with van der Waals surface area (Å²) >= 11 is 0. The van der Waals surface area contributed by atoms with Gasteiger partial charge in [0.25, 0.3) is 0 Å². The molecular formula is C12H9F3N2O2. The van der Waals surface area contributed by atoms with E-state index in [2.05, 4.69) is 5.10 Å². The van der Waals surface area contributed by atoms with Crippen molar-refractivity contribution in [3.05, 3.63) is 41.6 Å². The van der Waals surface area contributed by atoms with Gasteiger partial charge in [-0.3, -0.25) is 4.68 Å². The van der Waals surface area contributed by atoms with Gasteiger partial charge < -0.3 is 5.11 Å². The second-order valence-electron chi connectivity index (χ2n) is 3.90. The van der Waals surface area contributed by atoms with E-state index in [0.29, 0.717) is 6.07 Å². The number of carboxylic acids is 1. The fourth-order valence-electron chi connectivity index (χ4n) is 1.77. The average molecular weight is 270 g/mol. The second-order valence-corrected chi connectivity index (χ2v) is 3.90. The maximum atomic E-state index is 13.0. The quantitative estimate of drug-likeness (QED) is 0.912. The van der Waals surface area contributed by atoms with E-state index >= 15 is 0 Å². The minimum Gasteiger partial charge on any atom is -0.478 e. The Morgan fingerprint density at radius 2 is 2.00 bits per heavy atom. The lowest BCUT2D eigenvalue weighted by atomic mass is 10.0. The highest BCUT2D eigenvalue weighted by molar-refractivity contribution is 5.89. The van der Waals surface area contributed by atoms with Crippen molar-refractivity contribution in [3.8, 4) is 11.3 Å². The Labute approximate surface area is 106 Å². The number of benzene rings is 1. The number of alkyl halides is 3. The number of aromatic nitrogens is 2. The molecule has 1 heterocycles. The van der Waals surface area contributed by atoms with Gasteiger partial charge in [0.1, 0.15) is 0 Å². The van der Waals surface area contributed by atoms with E-state index < -0.39 is 23.3 Å². The summed E-state index contributed by atoms with van der Waals surface area (Å²) in [6.07, 6.45) is -3.26. The van der Waals surface area contributed by atoms with E-state index in [4.69, 9.17) is 5.11 Å². The molecule has 4 nitrogen and oxygen atoms in total. The molecule has 0 spiro atoms. The van der Waals surface area contributed by atoms with Crippen molar-refractivity contribution < 1.29 is 23.1 Å². The van der Waals surface area contributed by atoms with Gasteiger partial charge in [-0.2, -0.15) is 18.3 Å². The van der Waals surface area contributed by atoms with Crippen molar-refractivity contribution in [1.29, 1.82) is 0 Å². The smallest absolute Gasteiger partial charge is 0.417 e. The van der Waals surface area contributed by atoms with Gasteiger partial charge in [0.05, 0.1) is 16.8 Å². The zero-order chi connectivity index (χ0) is 14.2. The molecule has 0 atom stereocenters. The fourth-order valence-corrected chi connectivity index (χ4v) is 1.77. The predicted octanol–water partition coefficient (Wildman–Crippen LogP) is 2.80.